The second kappa shape index (κ2) is 6.92. The van der Waals surface area contributed by atoms with Crippen LogP contribution in [0.5, 0.6) is 0 Å². The van der Waals surface area contributed by atoms with E-state index in [1.54, 1.807) is 0 Å². The summed E-state index contributed by atoms with van der Waals surface area (Å²) in [6.07, 6.45) is 2.56. The average molecular weight is 251 g/mol. The Morgan fingerprint density at radius 3 is 2.78 bits per heavy atom. The molecule has 4 heteroatoms. The number of piperidine rings is 1. The van der Waals surface area contributed by atoms with Crippen LogP contribution in [0.2, 0.25) is 0 Å². The Kier molecular flexibility index (Phi) is 5.23. The second-order valence-electron chi connectivity index (χ2n) is 5.22. The molecular weight excluding hydrogens is 226 g/mol. The SMILES string of the molecule is Cc1ccc(CNCC2CCN(CCN)CC2)o1. The molecule has 1 saturated heterocycles. The van der Waals surface area contributed by atoms with E-state index in [1.807, 2.05) is 19.1 Å². The molecule has 2 rings (SSSR count). The van der Waals surface area contributed by atoms with Gasteiger partial charge in [-0.15, -0.1) is 0 Å². The zero-order valence-electron chi connectivity index (χ0n) is 11.3. The van der Waals surface area contributed by atoms with E-state index in [0.717, 1.165) is 43.6 Å². The van der Waals surface area contributed by atoms with Crippen LogP contribution in [-0.4, -0.2) is 37.6 Å². The fourth-order valence-corrected chi connectivity index (χ4v) is 2.58. The molecular formula is C14H25N3O. The molecule has 18 heavy (non-hydrogen) atoms. The van der Waals surface area contributed by atoms with Crippen LogP contribution in [0.1, 0.15) is 24.4 Å². The number of aryl methyl sites for hydroxylation is 1. The van der Waals surface area contributed by atoms with E-state index in [4.69, 9.17) is 10.2 Å². The highest BCUT2D eigenvalue weighted by molar-refractivity contribution is 5.05. The van der Waals surface area contributed by atoms with Crippen LogP contribution in [0.3, 0.4) is 0 Å². The Balaban J connectivity index is 1.60. The van der Waals surface area contributed by atoms with Gasteiger partial charge in [-0.2, -0.15) is 0 Å². The third-order valence-electron chi connectivity index (χ3n) is 3.68. The van der Waals surface area contributed by atoms with E-state index in [0.29, 0.717) is 0 Å². The molecule has 4 nitrogen and oxygen atoms in total. The van der Waals surface area contributed by atoms with Gasteiger partial charge in [0.25, 0.3) is 0 Å². The summed E-state index contributed by atoms with van der Waals surface area (Å²) in [4.78, 5) is 2.46. The number of rotatable bonds is 6. The molecule has 1 aromatic heterocycles. The van der Waals surface area contributed by atoms with E-state index in [-0.39, 0.29) is 0 Å². The summed E-state index contributed by atoms with van der Waals surface area (Å²) in [5.74, 6) is 2.82. The minimum absolute atomic E-state index is 0.779. The Labute approximate surface area is 110 Å². The van der Waals surface area contributed by atoms with Crippen LogP contribution >= 0.6 is 0 Å². The lowest BCUT2D eigenvalue weighted by atomic mass is 9.97. The van der Waals surface area contributed by atoms with Crippen molar-refractivity contribution in [2.24, 2.45) is 11.7 Å². The number of likely N-dealkylation sites (tertiary alicyclic amines) is 1. The highest BCUT2D eigenvalue weighted by Gasteiger charge is 2.18. The quantitative estimate of drug-likeness (QED) is 0.801. The van der Waals surface area contributed by atoms with Crippen LogP contribution < -0.4 is 11.1 Å². The predicted molar refractivity (Wildman–Crippen MR) is 73.4 cm³/mol. The highest BCUT2D eigenvalue weighted by atomic mass is 16.3. The standard InChI is InChI=1S/C14H25N3O/c1-12-2-3-14(18-12)11-16-10-13-4-7-17(8-5-13)9-6-15/h2-3,13,16H,4-11,15H2,1H3. The summed E-state index contributed by atoms with van der Waals surface area (Å²) >= 11 is 0. The van der Waals surface area contributed by atoms with Gasteiger partial charge in [0.15, 0.2) is 0 Å². The molecule has 0 saturated carbocycles. The van der Waals surface area contributed by atoms with Gasteiger partial charge in [-0.25, -0.2) is 0 Å². The maximum absolute atomic E-state index is 5.58. The van der Waals surface area contributed by atoms with Crippen LogP contribution in [-0.2, 0) is 6.54 Å². The molecule has 1 fully saturated rings. The van der Waals surface area contributed by atoms with Crippen molar-refractivity contribution >= 4 is 0 Å². The van der Waals surface area contributed by atoms with Gasteiger partial charge in [-0.1, -0.05) is 0 Å². The molecule has 0 aliphatic carbocycles. The molecule has 0 bridgehead atoms. The zero-order valence-corrected chi connectivity index (χ0v) is 11.3. The Morgan fingerprint density at radius 1 is 1.39 bits per heavy atom. The lowest BCUT2D eigenvalue weighted by molar-refractivity contribution is 0.186. The summed E-state index contributed by atoms with van der Waals surface area (Å²) in [7, 11) is 0. The number of nitrogens with two attached hydrogens (primary N) is 1. The Hall–Kier alpha value is -0.840. The van der Waals surface area contributed by atoms with Crippen LogP contribution in [0.25, 0.3) is 0 Å². The van der Waals surface area contributed by atoms with Crippen molar-refractivity contribution in [1.82, 2.24) is 10.2 Å². The molecule has 102 valence electrons. The summed E-state index contributed by atoms with van der Waals surface area (Å²) in [5, 5.41) is 3.49. The summed E-state index contributed by atoms with van der Waals surface area (Å²) in [6.45, 7) is 8.14. The first-order chi connectivity index (χ1) is 8.78. The number of nitrogens with zero attached hydrogens (tertiary/aromatic N) is 1. The molecule has 0 unspecified atom stereocenters. The van der Waals surface area contributed by atoms with E-state index in [1.165, 1.54) is 25.9 Å². The predicted octanol–water partition coefficient (Wildman–Crippen LogP) is 1.35. The van der Waals surface area contributed by atoms with Gasteiger partial charge < -0.3 is 20.4 Å². The van der Waals surface area contributed by atoms with Crippen molar-refractivity contribution in [1.29, 1.82) is 0 Å². The van der Waals surface area contributed by atoms with Crippen molar-refractivity contribution in [3.8, 4) is 0 Å². The van der Waals surface area contributed by atoms with Crippen molar-refractivity contribution in [3.05, 3.63) is 23.7 Å². The molecule has 0 aromatic carbocycles. The third-order valence-corrected chi connectivity index (χ3v) is 3.68. The van der Waals surface area contributed by atoms with Crippen LogP contribution in [0.15, 0.2) is 16.5 Å². The van der Waals surface area contributed by atoms with Gasteiger partial charge in [0.1, 0.15) is 11.5 Å². The van der Waals surface area contributed by atoms with Gasteiger partial charge in [0.2, 0.25) is 0 Å². The van der Waals surface area contributed by atoms with Gasteiger partial charge in [-0.05, 0) is 57.5 Å². The zero-order chi connectivity index (χ0) is 12.8. The average Bonchev–Trinajstić information content (AvgIpc) is 2.78. The third kappa shape index (κ3) is 4.12. The molecule has 1 aliphatic rings. The lowest BCUT2D eigenvalue weighted by Gasteiger charge is -2.31. The number of hydrogen-bond acceptors (Lipinski definition) is 4. The summed E-state index contributed by atoms with van der Waals surface area (Å²) in [6, 6.07) is 4.06. The van der Waals surface area contributed by atoms with Gasteiger partial charge in [0, 0.05) is 13.1 Å². The molecule has 0 amide bonds. The molecule has 0 radical (unpaired) electrons. The van der Waals surface area contributed by atoms with Gasteiger partial charge >= 0.3 is 0 Å². The molecule has 3 N–H and O–H groups in total. The van der Waals surface area contributed by atoms with E-state index in [2.05, 4.69) is 10.2 Å². The lowest BCUT2D eigenvalue weighted by Crippen LogP contribution is -2.39. The number of hydrogen-bond donors (Lipinski definition) is 2. The van der Waals surface area contributed by atoms with E-state index < -0.39 is 0 Å². The molecule has 1 aliphatic heterocycles. The van der Waals surface area contributed by atoms with Crippen LogP contribution in [0.4, 0.5) is 0 Å². The molecule has 1 aromatic rings. The summed E-state index contributed by atoms with van der Waals surface area (Å²) in [5.41, 5.74) is 5.58. The Morgan fingerprint density at radius 2 is 2.17 bits per heavy atom. The smallest absolute Gasteiger partial charge is 0.117 e. The monoisotopic (exact) mass is 251 g/mol. The normalized spacial score (nSPS) is 18.3. The van der Waals surface area contributed by atoms with Crippen molar-refractivity contribution in [2.75, 3.05) is 32.7 Å². The first-order valence-corrected chi connectivity index (χ1v) is 6.96. The number of furan rings is 1. The fourth-order valence-electron chi connectivity index (χ4n) is 2.58. The first-order valence-electron chi connectivity index (χ1n) is 6.96. The highest BCUT2D eigenvalue weighted by Crippen LogP contribution is 2.16. The summed E-state index contributed by atoms with van der Waals surface area (Å²) < 4.78 is 5.54. The molecule has 0 atom stereocenters. The maximum Gasteiger partial charge on any atom is 0.117 e. The van der Waals surface area contributed by atoms with E-state index >= 15 is 0 Å². The van der Waals surface area contributed by atoms with E-state index in [9.17, 15) is 0 Å². The number of nitrogens with one attached hydrogen (secondary N) is 1. The first kappa shape index (κ1) is 13.6. The van der Waals surface area contributed by atoms with Crippen molar-refractivity contribution < 1.29 is 4.42 Å². The Bertz CT molecular complexity index is 343. The fraction of sp³-hybridized carbons (Fsp3) is 0.714. The topological polar surface area (TPSA) is 54.4 Å². The van der Waals surface area contributed by atoms with Crippen molar-refractivity contribution in [2.45, 2.75) is 26.3 Å². The minimum Gasteiger partial charge on any atom is -0.465 e. The molecule has 2 heterocycles. The maximum atomic E-state index is 5.58. The molecule has 0 spiro atoms. The van der Waals surface area contributed by atoms with Crippen LogP contribution in [0, 0.1) is 12.8 Å². The van der Waals surface area contributed by atoms with Gasteiger partial charge in [0.05, 0.1) is 6.54 Å². The van der Waals surface area contributed by atoms with Gasteiger partial charge in [-0.3, -0.25) is 0 Å². The second-order valence-corrected chi connectivity index (χ2v) is 5.22. The minimum atomic E-state index is 0.779. The largest absolute Gasteiger partial charge is 0.465 e. The van der Waals surface area contributed by atoms with Crippen molar-refractivity contribution in [3.63, 3.8) is 0 Å².